The molecule has 1 fully saturated rings. The number of benzene rings is 1. The molecule has 0 heterocycles. The normalized spacial score (nSPS) is 17.9. The van der Waals surface area contributed by atoms with Crippen LogP contribution in [0.15, 0.2) is 24.3 Å². The zero-order chi connectivity index (χ0) is 11.4. The van der Waals surface area contributed by atoms with Crippen LogP contribution >= 0.6 is 11.6 Å². The van der Waals surface area contributed by atoms with Gasteiger partial charge in [-0.25, -0.2) is 0 Å². The zero-order valence-corrected chi connectivity index (χ0v) is 10.1. The molecule has 0 amide bonds. The number of hydrogen-bond acceptors (Lipinski definition) is 2. The summed E-state index contributed by atoms with van der Waals surface area (Å²) in [5, 5.41) is 0.713. The van der Waals surface area contributed by atoms with E-state index in [1.165, 1.54) is 19.3 Å². The average Bonchev–Trinajstić information content (AvgIpc) is 2.21. The van der Waals surface area contributed by atoms with Crippen molar-refractivity contribution in [2.75, 3.05) is 13.2 Å². The predicted molar refractivity (Wildman–Crippen MR) is 66.8 cm³/mol. The fourth-order valence-corrected chi connectivity index (χ4v) is 2.25. The summed E-state index contributed by atoms with van der Waals surface area (Å²) in [5.74, 6) is 2.10. The second kappa shape index (κ2) is 5.55. The summed E-state index contributed by atoms with van der Waals surface area (Å²) in [4.78, 5) is 0. The molecule has 1 aliphatic carbocycles. The summed E-state index contributed by atoms with van der Waals surface area (Å²) in [6.45, 7) is 1.42. The standard InChI is InChI=1S/C13H18ClNO/c14-12-5-2-6-13(7-12)16-9-11(8-15)10-3-1-4-10/h2,5-7,10-11H,1,3-4,8-9,15H2. The largest absolute Gasteiger partial charge is 0.493 e. The average molecular weight is 240 g/mol. The number of rotatable bonds is 5. The minimum atomic E-state index is 0.493. The van der Waals surface area contributed by atoms with Gasteiger partial charge in [0.25, 0.3) is 0 Å². The van der Waals surface area contributed by atoms with E-state index in [9.17, 15) is 0 Å². The van der Waals surface area contributed by atoms with Gasteiger partial charge in [-0.1, -0.05) is 24.1 Å². The van der Waals surface area contributed by atoms with Crippen molar-refractivity contribution in [3.8, 4) is 5.75 Å². The summed E-state index contributed by atoms with van der Waals surface area (Å²) < 4.78 is 5.73. The molecule has 0 aliphatic heterocycles. The highest BCUT2D eigenvalue weighted by Gasteiger charge is 2.26. The van der Waals surface area contributed by atoms with Crippen LogP contribution in [0.5, 0.6) is 5.75 Å². The molecule has 0 saturated heterocycles. The molecule has 2 rings (SSSR count). The maximum Gasteiger partial charge on any atom is 0.120 e. The highest BCUT2D eigenvalue weighted by atomic mass is 35.5. The van der Waals surface area contributed by atoms with Gasteiger partial charge >= 0.3 is 0 Å². The summed E-state index contributed by atoms with van der Waals surface area (Å²) in [6.07, 6.45) is 3.96. The van der Waals surface area contributed by atoms with Crippen LogP contribution in [0, 0.1) is 11.8 Å². The van der Waals surface area contributed by atoms with Crippen LogP contribution in [0.4, 0.5) is 0 Å². The third-order valence-electron chi connectivity index (χ3n) is 3.38. The molecule has 88 valence electrons. The maximum absolute atomic E-state index is 5.89. The van der Waals surface area contributed by atoms with Crippen LogP contribution in [0.25, 0.3) is 0 Å². The maximum atomic E-state index is 5.89. The van der Waals surface area contributed by atoms with Crippen LogP contribution in [0.2, 0.25) is 5.02 Å². The fraction of sp³-hybridized carbons (Fsp3) is 0.538. The Hall–Kier alpha value is -0.730. The molecular weight excluding hydrogens is 222 g/mol. The zero-order valence-electron chi connectivity index (χ0n) is 9.36. The van der Waals surface area contributed by atoms with Crippen LogP contribution in [-0.2, 0) is 0 Å². The van der Waals surface area contributed by atoms with Crippen molar-refractivity contribution in [1.29, 1.82) is 0 Å². The van der Waals surface area contributed by atoms with Crippen molar-refractivity contribution in [2.45, 2.75) is 19.3 Å². The molecule has 1 atom stereocenters. The lowest BCUT2D eigenvalue weighted by Gasteiger charge is -2.32. The van der Waals surface area contributed by atoms with Gasteiger partial charge in [-0.05, 0) is 43.5 Å². The Labute approximate surface area is 102 Å². The Balaban J connectivity index is 1.85. The van der Waals surface area contributed by atoms with E-state index in [1.54, 1.807) is 0 Å². The molecule has 0 bridgehead atoms. The molecule has 2 nitrogen and oxygen atoms in total. The molecule has 0 radical (unpaired) electrons. The molecular formula is C13H18ClNO. The summed E-state index contributed by atoms with van der Waals surface area (Å²) in [6, 6.07) is 7.52. The third-order valence-corrected chi connectivity index (χ3v) is 3.61. The van der Waals surface area contributed by atoms with E-state index in [2.05, 4.69) is 0 Å². The highest BCUT2D eigenvalue weighted by molar-refractivity contribution is 6.30. The van der Waals surface area contributed by atoms with Gasteiger partial charge in [-0.15, -0.1) is 0 Å². The van der Waals surface area contributed by atoms with E-state index in [1.807, 2.05) is 24.3 Å². The first-order chi connectivity index (χ1) is 7.79. The third kappa shape index (κ3) is 2.89. The number of ether oxygens (including phenoxy) is 1. The smallest absolute Gasteiger partial charge is 0.120 e. The van der Waals surface area contributed by atoms with Crippen LogP contribution in [0.1, 0.15) is 19.3 Å². The molecule has 1 aromatic carbocycles. The van der Waals surface area contributed by atoms with Gasteiger partial charge in [0, 0.05) is 10.9 Å². The fourth-order valence-electron chi connectivity index (χ4n) is 2.07. The Morgan fingerprint density at radius 2 is 2.25 bits per heavy atom. The first kappa shape index (κ1) is 11.7. The molecule has 0 aromatic heterocycles. The van der Waals surface area contributed by atoms with E-state index in [0.717, 1.165) is 11.7 Å². The van der Waals surface area contributed by atoms with E-state index < -0.39 is 0 Å². The lowest BCUT2D eigenvalue weighted by atomic mass is 9.76. The van der Waals surface area contributed by atoms with Gasteiger partial charge in [0.05, 0.1) is 6.61 Å². The molecule has 1 saturated carbocycles. The van der Waals surface area contributed by atoms with E-state index in [-0.39, 0.29) is 0 Å². The van der Waals surface area contributed by atoms with Crippen molar-refractivity contribution < 1.29 is 4.74 Å². The van der Waals surface area contributed by atoms with Crippen molar-refractivity contribution in [1.82, 2.24) is 0 Å². The number of hydrogen-bond donors (Lipinski definition) is 1. The molecule has 2 N–H and O–H groups in total. The summed E-state index contributed by atoms with van der Waals surface area (Å²) >= 11 is 5.89. The Bertz CT molecular complexity index is 338. The van der Waals surface area contributed by atoms with Gasteiger partial charge in [0.1, 0.15) is 5.75 Å². The second-order valence-corrected chi connectivity index (χ2v) is 4.89. The first-order valence-corrected chi connectivity index (χ1v) is 6.26. The second-order valence-electron chi connectivity index (χ2n) is 4.46. The molecule has 1 aliphatic rings. The Kier molecular flexibility index (Phi) is 4.08. The van der Waals surface area contributed by atoms with Crippen molar-refractivity contribution >= 4 is 11.6 Å². The SMILES string of the molecule is NCC(COc1cccc(Cl)c1)C1CCC1. The summed E-state index contributed by atoms with van der Waals surface area (Å²) in [5.41, 5.74) is 5.77. The van der Waals surface area contributed by atoms with Crippen LogP contribution < -0.4 is 10.5 Å². The van der Waals surface area contributed by atoms with E-state index in [4.69, 9.17) is 22.1 Å². The number of halogens is 1. The lowest BCUT2D eigenvalue weighted by molar-refractivity contribution is 0.142. The van der Waals surface area contributed by atoms with Gasteiger partial charge in [0.2, 0.25) is 0 Å². The van der Waals surface area contributed by atoms with Gasteiger partial charge in [-0.2, -0.15) is 0 Å². The van der Waals surface area contributed by atoms with Crippen molar-refractivity contribution in [2.24, 2.45) is 17.6 Å². The lowest BCUT2D eigenvalue weighted by Crippen LogP contribution is -2.32. The van der Waals surface area contributed by atoms with E-state index >= 15 is 0 Å². The summed E-state index contributed by atoms with van der Waals surface area (Å²) in [7, 11) is 0. The molecule has 1 aromatic rings. The quantitative estimate of drug-likeness (QED) is 0.857. The monoisotopic (exact) mass is 239 g/mol. The predicted octanol–water partition coefficient (Wildman–Crippen LogP) is 3.09. The van der Waals surface area contributed by atoms with Crippen LogP contribution in [-0.4, -0.2) is 13.2 Å². The van der Waals surface area contributed by atoms with Gasteiger partial charge in [0.15, 0.2) is 0 Å². The highest BCUT2D eigenvalue weighted by Crippen LogP contribution is 2.33. The molecule has 3 heteroatoms. The van der Waals surface area contributed by atoms with Crippen molar-refractivity contribution in [3.63, 3.8) is 0 Å². The number of nitrogens with two attached hydrogens (primary N) is 1. The van der Waals surface area contributed by atoms with E-state index in [0.29, 0.717) is 24.1 Å². The minimum Gasteiger partial charge on any atom is -0.493 e. The van der Waals surface area contributed by atoms with Crippen LogP contribution in [0.3, 0.4) is 0 Å². The molecule has 0 spiro atoms. The minimum absolute atomic E-state index is 0.493. The van der Waals surface area contributed by atoms with Gasteiger partial charge in [-0.3, -0.25) is 0 Å². The Morgan fingerprint density at radius 3 is 2.81 bits per heavy atom. The molecule has 16 heavy (non-hydrogen) atoms. The first-order valence-electron chi connectivity index (χ1n) is 5.88. The van der Waals surface area contributed by atoms with Crippen molar-refractivity contribution in [3.05, 3.63) is 29.3 Å². The molecule has 1 unspecified atom stereocenters. The van der Waals surface area contributed by atoms with Gasteiger partial charge < -0.3 is 10.5 Å². The Morgan fingerprint density at radius 1 is 1.44 bits per heavy atom. The topological polar surface area (TPSA) is 35.2 Å².